The van der Waals surface area contributed by atoms with Crippen LogP contribution in [0.25, 0.3) is 11.1 Å². The molecule has 0 spiro atoms. The fourth-order valence-corrected chi connectivity index (χ4v) is 2.85. The van der Waals surface area contributed by atoms with Crippen molar-refractivity contribution < 1.29 is 9.47 Å². The van der Waals surface area contributed by atoms with Gasteiger partial charge in [0.15, 0.2) is 11.5 Å². The Bertz CT molecular complexity index is 623. The van der Waals surface area contributed by atoms with Gasteiger partial charge in [0.2, 0.25) is 6.79 Å². The maximum atomic E-state index is 5.65. The number of nitrogens with zero attached hydrogens (tertiary/aromatic N) is 2. The predicted octanol–water partition coefficient (Wildman–Crippen LogP) is 3.21. The van der Waals surface area contributed by atoms with E-state index in [1.165, 1.54) is 0 Å². The predicted molar refractivity (Wildman–Crippen MR) is 74.8 cm³/mol. The zero-order valence-corrected chi connectivity index (χ0v) is 11.9. The standard InChI is InChI=1S/C14H14N2O2S/c1-8-12(9(2)16-6-15-8)10-4-5-11(19-3)14-13(10)17-7-18-14/h4-6H,7H2,1-3H3. The minimum Gasteiger partial charge on any atom is -0.453 e. The van der Waals surface area contributed by atoms with E-state index < -0.39 is 0 Å². The van der Waals surface area contributed by atoms with Crippen LogP contribution >= 0.6 is 11.8 Å². The van der Waals surface area contributed by atoms with Gasteiger partial charge in [-0.15, -0.1) is 11.8 Å². The molecule has 0 bridgehead atoms. The van der Waals surface area contributed by atoms with E-state index in [-0.39, 0.29) is 6.79 Å². The Morgan fingerprint density at radius 1 is 1.05 bits per heavy atom. The topological polar surface area (TPSA) is 44.2 Å². The molecule has 0 saturated heterocycles. The highest BCUT2D eigenvalue weighted by atomic mass is 32.2. The average molecular weight is 274 g/mol. The molecule has 4 nitrogen and oxygen atoms in total. The maximum absolute atomic E-state index is 5.65. The summed E-state index contributed by atoms with van der Waals surface area (Å²) >= 11 is 1.65. The van der Waals surface area contributed by atoms with Crippen molar-refractivity contribution in [3.63, 3.8) is 0 Å². The summed E-state index contributed by atoms with van der Waals surface area (Å²) in [4.78, 5) is 9.63. The second-order valence-electron chi connectivity index (χ2n) is 4.30. The Morgan fingerprint density at radius 3 is 2.42 bits per heavy atom. The van der Waals surface area contributed by atoms with Crippen LogP contribution in [0.2, 0.25) is 0 Å². The smallest absolute Gasteiger partial charge is 0.231 e. The first-order valence-corrected chi connectivity index (χ1v) is 7.20. The third-order valence-corrected chi connectivity index (χ3v) is 3.96. The number of ether oxygens (including phenoxy) is 2. The molecule has 0 amide bonds. The first kappa shape index (κ1) is 12.3. The van der Waals surface area contributed by atoms with Gasteiger partial charge in [-0.05, 0) is 32.2 Å². The van der Waals surface area contributed by atoms with E-state index in [1.807, 2.05) is 20.1 Å². The van der Waals surface area contributed by atoms with Crippen LogP contribution in [-0.2, 0) is 0 Å². The van der Waals surface area contributed by atoms with Crippen molar-refractivity contribution in [3.05, 3.63) is 29.8 Å². The quantitative estimate of drug-likeness (QED) is 0.787. The summed E-state index contributed by atoms with van der Waals surface area (Å²) in [6.45, 7) is 4.23. The van der Waals surface area contributed by atoms with Gasteiger partial charge in [-0.3, -0.25) is 0 Å². The summed E-state index contributed by atoms with van der Waals surface area (Å²) in [6.07, 6.45) is 3.61. The molecular weight excluding hydrogens is 260 g/mol. The average Bonchev–Trinajstić information content (AvgIpc) is 2.88. The molecule has 98 valence electrons. The van der Waals surface area contributed by atoms with Gasteiger partial charge in [-0.2, -0.15) is 0 Å². The van der Waals surface area contributed by atoms with Gasteiger partial charge < -0.3 is 9.47 Å². The molecule has 19 heavy (non-hydrogen) atoms. The molecule has 0 atom stereocenters. The second kappa shape index (κ2) is 4.74. The first-order chi connectivity index (χ1) is 9.22. The number of aryl methyl sites for hydroxylation is 2. The van der Waals surface area contributed by atoms with Crippen LogP contribution in [0, 0.1) is 13.8 Å². The van der Waals surface area contributed by atoms with E-state index >= 15 is 0 Å². The molecule has 3 rings (SSSR count). The normalized spacial score (nSPS) is 12.8. The largest absolute Gasteiger partial charge is 0.453 e. The zero-order chi connectivity index (χ0) is 13.4. The van der Waals surface area contributed by atoms with Gasteiger partial charge in [0.05, 0.1) is 4.90 Å². The van der Waals surface area contributed by atoms with E-state index in [0.717, 1.165) is 38.9 Å². The van der Waals surface area contributed by atoms with Crippen molar-refractivity contribution in [3.8, 4) is 22.6 Å². The van der Waals surface area contributed by atoms with Crippen molar-refractivity contribution in [1.29, 1.82) is 0 Å². The lowest BCUT2D eigenvalue weighted by Gasteiger charge is -2.12. The van der Waals surface area contributed by atoms with Crippen LogP contribution in [-0.4, -0.2) is 23.0 Å². The van der Waals surface area contributed by atoms with Crippen molar-refractivity contribution in [1.82, 2.24) is 9.97 Å². The summed E-state index contributed by atoms with van der Waals surface area (Å²) in [5.41, 5.74) is 3.92. The monoisotopic (exact) mass is 274 g/mol. The highest BCUT2D eigenvalue weighted by Gasteiger charge is 2.24. The van der Waals surface area contributed by atoms with Crippen molar-refractivity contribution >= 4 is 11.8 Å². The van der Waals surface area contributed by atoms with Gasteiger partial charge in [0.25, 0.3) is 0 Å². The third kappa shape index (κ3) is 1.94. The van der Waals surface area contributed by atoms with Gasteiger partial charge >= 0.3 is 0 Å². The van der Waals surface area contributed by atoms with E-state index in [2.05, 4.69) is 22.1 Å². The lowest BCUT2D eigenvalue weighted by molar-refractivity contribution is 0.172. The van der Waals surface area contributed by atoms with Crippen molar-refractivity contribution in [2.75, 3.05) is 13.0 Å². The number of aromatic nitrogens is 2. The second-order valence-corrected chi connectivity index (χ2v) is 5.15. The number of fused-ring (bicyclic) bond motifs is 1. The van der Waals surface area contributed by atoms with Crippen LogP contribution in [0.3, 0.4) is 0 Å². The first-order valence-electron chi connectivity index (χ1n) is 5.97. The Hall–Kier alpha value is -1.75. The van der Waals surface area contributed by atoms with Crippen molar-refractivity contribution in [2.24, 2.45) is 0 Å². The molecule has 1 aliphatic rings. The van der Waals surface area contributed by atoms with Gasteiger partial charge in [-0.1, -0.05) is 0 Å². The lowest BCUT2D eigenvalue weighted by Crippen LogP contribution is -1.97. The summed E-state index contributed by atoms with van der Waals surface area (Å²) in [6, 6.07) is 4.11. The number of rotatable bonds is 2. The number of benzene rings is 1. The van der Waals surface area contributed by atoms with Crippen LogP contribution < -0.4 is 9.47 Å². The SMILES string of the molecule is CSc1ccc(-c2c(C)ncnc2C)c2c1OCO2. The summed E-state index contributed by atoms with van der Waals surface area (Å²) in [7, 11) is 0. The maximum Gasteiger partial charge on any atom is 0.231 e. The third-order valence-electron chi connectivity index (χ3n) is 3.20. The van der Waals surface area contributed by atoms with Crippen molar-refractivity contribution in [2.45, 2.75) is 18.7 Å². The van der Waals surface area contributed by atoms with Gasteiger partial charge in [0.1, 0.15) is 6.33 Å². The molecule has 1 aromatic heterocycles. The van der Waals surface area contributed by atoms with Crippen LogP contribution in [0.15, 0.2) is 23.4 Å². The minimum atomic E-state index is 0.270. The molecule has 0 aliphatic carbocycles. The number of thioether (sulfide) groups is 1. The highest BCUT2D eigenvalue weighted by Crippen LogP contribution is 2.47. The Kier molecular flexibility index (Phi) is 3.06. The van der Waals surface area contributed by atoms with Crippen LogP contribution in [0.1, 0.15) is 11.4 Å². The van der Waals surface area contributed by atoms with E-state index in [9.17, 15) is 0 Å². The number of hydrogen-bond acceptors (Lipinski definition) is 5. The van der Waals surface area contributed by atoms with Crippen LogP contribution in [0.4, 0.5) is 0 Å². The van der Waals surface area contributed by atoms with E-state index in [0.29, 0.717) is 0 Å². The Labute approximate surface area is 116 Å². The van der Waals surface area contributed by atoms with E-state index in [1.54, 1.807) is 18.1 Å². The minimum absolute atomic E-state index is 0.270. The van der Waals surface area contributed by atoms with Gasteiger partial charge in [0, 0.05) is 22.5 Å². The fourth-order valence-electron chi connectivity index (χ4n) is 2.31. The Morgan fingerprint density at radius 2 is 1.74 bits per heavy atom. The molecule has 0 fully saturated rings. The molecule has 5 heteroatoms. The highest BCUT2D eigenvalue weighted by molar-refractivity contribution is 7.98. The summed E-state index contributed by atoms with van der Waals surface area (Å²) in [5.74, 6) is 1.63. The molecule has 2 aromatic rings. The van der Waals surface area contributed by atoms with Crippen LogP contribution in [0.5, 0.6) is 11.5 Å². The molecular formula is C14H14N2O2S. The molecule has 1 aromatic carbocycles. The summed E-state index contributed by atoms with van der Waals surface area (Å²) < 4.78 is 11.2. The molecule has 0 unspecified atom stereocenters. The molecule has 1 aliphatic heterocycles. The lowest BCUT2D eigenvalue weighted by atomic mass is 10.0. The molecule has 0 N–H and O–H groups in total. The number of hydrogen-bond donors (Lipinski definition) is 0. The zero-order valence-electron chi connectivity index (χ0n) is 11.1. The van der Waals surface area contributed by atoms with E-state index in [4.69, 9.17) is 9.47 Å². The fraction of sp³-hybridized carbons (Fsp3) is 0.286. The summed E-state index contributed by atoms with van der Waals surface area (Å²) in [5, 5.41) is 0. The Balaban J connectivity index is 2.25. The molecule has 0 saturated carbocycles. The molecule has 0 radical (unpaired) electrons. The molecule has 2 heterocycles. The van der Waals surface area contributed by atoms with Gasteiger partial charge in [-0.25, -0.2) is 9.97 Å².